The number of nitrogens with one attached hydrogen (secondary N) is 1. The molecule has 1 aliphatic heterocycles. The average molecular weight is 283 g/mol. The Balaban J connectivity index is 2.00. The fourth-order valence-corrected chi connectivity index (χ4v) is 2.88. The summed E-state index contributed by atoms with van der Waals surface area (Å²) >= 11 is 0. The molecule has 2 N–H and O–H groups in total. The zero-order chi connectivity index (χ0) is 14.7. The summed E-state index contributed by atoms with van der Waals surface area (Å²) in [5, 5.41) is 13.3. The van der Waals surface area contributed by atoms with Gasteiger partial charge in [-0.3, -0.25) is 0 Å². The van der Waals surface area contributed by atoms with Gasteiger partial charge in [0.15, 0.2) is 0 Å². The van der Waals surface area contributed by atoms with Gasteiger partial charge < -0.3 is 15.2 Å². The SMILES string of the molecule is CCCOc1ccccc1C1NCCc2ccc(O)cc21. The minimum atomic E-state index is 0.0777. The maximum Gasteiger partial charge on any atom is 0.124 e. The number of rotatable bonds is 4. The maximum atomic E-state index is 9.80. The highest BCUT2D eigenvalue weighted by atomic mass is 16.5. The third-order valence-electron chi connectivity index (χ3n) is 3.87. The van der Waals surface area contributed by atoms with Gasteiger partial charge in [0, 0.05) is 12.1 Å². The third-order valence-corrected chi connectivity index (χ3v) is 3.87. The van der Waals surface area contributed by atoms with Crippen molar-refractivity contribution in [3.8, 4) is 11.5 Å². The van der Waals surface area contributed by atoms with Crippen molar-refractivity contribution < 1.29 is 9.84 Å². The van der Waals surface area contributed by atoms with Crippen molar-refractivity contribution in [1.29, 1.82) is 0 Å². The molecule has 1 atom stereocenters. The highest BCUT2D eigenvalue weighted by Crippen LogP contribution is 2.35. The van der Waals surface area contributed by atoms with Gasteiger partial charge in [-0.2, -0.15) is 0 Å². The quantitative estimate of drug-likeness (QED) is 0.903. The number of ether oxygens (including phenoxy) is 1. The molecular weight excluding hydrogens is 262 g/mol. The minimum absolute atomic E-state index is 0.0777. The van der Waals surface area contributed by atoms with Crippen LogP contribution in [0, 0.1) is 0 Å². The van der Waals surface area contributed by atoms with E-state index in [1.807, 2.05) is 30.3 Å². The van der Waals surface area contributed by atoms with E-state index in [9.17, 15) is 5.11 Å². The highest BCUT2D eigenvalue weighted by Gasteiger charge is 2.24. The number of hydrogen-bond donors (Lipinski definition) is 2. The van der Waals surface area contributed by atoms with Crippen LogP contribution in [0.1, 0.15) is 36.1 Å². The molecule has 21 heavy (non-hydrogen) atoms. The number of para-hydroxylation sites is 1. The first-order chi connectivity index (χ1) is 10.3. The molecule has 0 bridgehead atoms. The average Bonchev–Trinajstić information content (AvgIpc) is 2.52. The van der Waals surface area contributed by atoms with Crippen molar-refractivity contribution in [2.45, 2.75) is 25.8 Å². The predicted octanol–water partition coefficient (Wildman–Crippen LogP) is 3.42. The standard InChI is InChI=1S/C18H21NO2/c1-2-11-21-17-6-4-3-5-15(17)18-16-12-14(20)8-7-13(16)9-10-19-18/h3-8,12,18-20H,2,9-11H2,1H3. The normalized spacial score (nSPS) is 17.3. The van der Waals surface area contributed by atoms with Crippen LogP contribution < -0.4 is 10.1 Å². The first-order valence-electron chi connectivity index (χ1n) is 7.56. The lowest BCUT2D eigenvalue weighted by atomic mass is 9.89. The van der Waals surface area contributed by atoms with Gasteiger partial charge >= 0.3 is 0 Å². The molecular formula is C18H21NO2. The van der Waals surface area contributed by atoms with Gasteiger partial charge in [0.25, 0.3) is 0 Å². The van der Waals surface area contributed by atoms with E-state index in [0.29, 0.717) is 5.75 Å². The van der Waals surface area contributed by atoms with E-state index < -0.39 is 0 Å². The Morgan fingerprint density at radius 1 is 1.19 bits per heavy atom. The zero-order valence-corrected chi connectivity index (χ0v) is 12.3. The maximum absolute atomic E-state index is 9.80. The van der Waals surface area contributed by atoms with E-state index in [1.54, 1.807) is 6.07 Å². The van der Waals surface area contributed by atoms with Crippen molar-refractivity contribution in [1.82, 2.24) is 5.32 Å². The van der Waals surface area contributed by atoms with Crippen LogP contribution in [-0.4, -0.2) is 18.3 Å². The number of phenols is 1. The number of hydrogen-bond acceptors (Lipinski definition) is 3. The van der Waals surface area contributed by atoms with Crippen LogP contribution in [0.25, 0.3) is 0 Å². The zero-order valence-electron chi connectivity index (χ0n) is 12.3. The number of phenolic OH excluding ortho intramolecular Hbond substituents is 1. The Labute approximate surface area is 125 Å². The highest BCUT2D eigenvalue weighted by molar-refractivity contribution is 5.47. The van der Waals surface area contributed by atoms with E-state index in [1.165, 1.54) is 5.56 Å². The van der Waals surface area contributed by atoms with Crippen molar-refractivity contribution in [3.63, 3.8) is 0 Å². The summed E-state index contributed by atoms with van der Waals surface area (Å²) in [5.74, 6) is 1.24. The summed E-state index contributed by atoms with van der Waals surface area (Å²) in [6.07, 6.45) is 1.98. The molecule has 0 amide bonds. The molecule has 3 heteroatoms. The van der Waals surface area contributed by atoms with E-state index in [-0.39, 0.29) is 6.04 Å². The Bertz CT molecular complexity index is 624. The molecule has 0 fully saturated rings. The lowest BCUT2D eigenvalue weighted by Gasteiger charge is -2.28. The molecule has 110 valence electrons. The van der Waals surface area contributed by atoms with Gasteiger partial charge in [-0.15, -0.1) is 0 Å². The monoisotopic (exact) mass is 283 g/mol. The molecule has 1 aliphatic rings. The summed E-state index contributed by atoms with van der Waals surface area (Å²) in [5.41, 5.74) is 3.58. The van der Waals surface area contributed by atoms with Gasteiger partial charge in [-0.25, -0.2) is 0 Å². The fraction of sp³-hybridized carbons (Fsp3) is 0.333. The van der Waals surface area contributed by atoms with Gasteiger partial charge in [-0.05, 0) is 42.2 Å². The van der Waals surface area contributed by atoms with Crippen LogP contribution in [0.3, 0.4) is 0 Å². The molecule has 1 heterocycles. The smallest absolute Gasteiger partial charge is 0.124 e. The molecule has 3 nitrogen and oxygen atoms in total. The Kier molecular flexibility index (Phi) is 4.11. The summed E-state index contributed by atoms with van der Waals surface area (Å²) in [4.78, 5) is 0. The Hall–Kier alpha value is -2.00. The molecule has 0 radical (unpaired) electrons. The number of benzene rings is 2. The van der Waals surface area contributed by atoms with Crippen molar-refractivity contribution in [2.24, 2.45) is 0 Å². The topological polar surface area (TPSA) is 41.5 Å². The molecule has 0 saturated carbocycles. The molecule has 0 saturated heterocycles. The first kappa shape index (κ1) is 14.0. The van der Waals surface area contributed by atoms with Gasteiger partial charge in [-0.1, -0.05) is 31.2 Å². The molecule has 1 unspecified atom stereocenters. The molecule has 2 aromatic carbocycles. The predicted molar refractivity (Wildman–Crippen MR) is 83.9 cm³/mol. The van der Waals surface area contributed by atoms with Gasteiger partial charge in [0.05, 0.1) is 12.6 Å². The van der Waals surface area contributed by atoms with Crippen LogP contribution in [0.2, 0.25) is 0 Å². The summed E-state index contributed by atoms with van der Waals surface area (Å²) in [6.45, 7) is 3.76. The van der Waals surface area contributed by atoms with E-state index in [2.05, 4.69) is 18.3 Å². The second-order valence-electron chi connectivity index (χ2n) is 5.41. The summed E-state index contributed by atoms with van der Waals surface area (Å²) < 4.78 is 5.88. The fourth-order valence-electron chi connectivity index (χ4n) is 2.88. The molecule has 0 aliphatic carbocycles. The van der Waals surface area contributed by atoms with Crippen molar-refractivity contribution >= 4 is 0 Å². The molecule has 0 spiro atoms. The molecule has 3 rings (SSSR count). The molecule has 2 aromatic rings. The van der Waals surface area contributed by atoms with Gasteiger partial charge in [0.1, 0.15) is 11.5 Å². The van der Waals surface area contributed by atoms with E-state index in [4.69, 9.17) is 4.74 Å². The number of aromatic hydroxyl groups is 1. The Morgan fingerprint density at radius 3 is 2.90 bits per heavy atom. The van der Waals surface area contributed by atoms with E-state index >= 15 is 0 Å². The Morgan fingerprint density at radius 2 is 2.05 bits per heavy atom. The first-order valence-corrected chi connectivity index (χ1v) is 7.56. The van der Waals surface area contributed by atoms with Crippen LogP contribution in [0.4, 0.5) is 0 Å². The number of fused-ring (bicyclic) bond motifs is 1. The lowest BCUT2D eigenvalue weighted by molar-refractivity contribution is 0.311. The third kappa shape index (κ3) is 2.88. The second kappa shape index (κ2) is 6.19. The largest absolute Gasteiger partial charge is 0.508 e. The van der Waals surface area contributed by atoms with Gasteiger partial charge in [0.2, 0.25) is 0 Å². The van der Waals surface area contributed by atoms with Crippen molar-refractivity contribution in [3.05, 3.63) is 59.2 Å². The van der Waals surface area contributed by atoms with Crippen LogP contribution in [-0.2, 0) is 6.42 Å². The van der Waals surface area contributed by atoms with E-state index in [0.717, 1.165) is 42.9 Å². The van der Waals surface area contributed by atoms with Crippen LogP contribution in [0.5, 0.6) is 11.5 Å². The molecule has 0 aromatic heterocycles. The van der Waals surface area contributed by atoms with Crippen LogP contribution >= 0.6 is 0 Å². The lowest BCUT2D eigenvalue weighted by Crippen LogP contribution is -2.30. The van der Waals surface area contributed by atoms with Crippen LogP contribution in [0.15, 0.2) is 42.5 Å². The summed E-state index contributed by atoms with van der Waals surface area (Å²) in [6, 6.07) is 13.9. The van der Waals surface area contributed by atoms with Crippen molar-refractivity contribution in [2.75, 3.05) is 13.2 Å². The minimum Gasteiger partial charge on any atom is -0.508 e. The summed E-state index contributed by atoms with van der Waals surface area (Å²) in [7, 11) is 0. The second-order valence-corrected chi connectivity index (χ2v) is 5.41.